The van der Waals surface area contributed by atoms with Crippen LogP contribution in [0.2, 0.25) is 0 Å². The molecule has 7 nitrogen and oxygen atoms in total. The maximum Gasteiger partial charge on any atom is 0.418 e. The largest absolute Gasteiger partial charge is 0.438 e. The van der Waals surface area contributed by atoms with Gasteiger partial charge in [0.1, 0.15) is 11.4 Å². The number of benzene rings is 1. The Hall–Kier alpha value is -4.61. The molecule has 1 amide bonds. The average molecular weight is 530 g/mol. The second-order valence-corrected chi connectivity index (χ2v) is 8.38. The number of alkyl halides is 3. The van der Waals surface area contributed by atoms with Crippen LogP contribution in [0.15, 0.2) is 47.4 Å². The molecule has 4 aromatic rings. The van der Waals surface area contributed by atoms with E-state index in [1.807, 2.05) is 0 Å². The van der Waals surface area contributed by atoms with Gasteiger partial charge < -0.3 is 15.5 Å². The average Bonchev–Trinajstić information content (AvgIpc) is 2.83. The highest BCUT2D eigenvalue weighted by atomic mass is 19.4. The summed E-state index contributed by atoms with van der Waals surface area (Å²) in [7, 11) is 0. The number of primary amides is 1. The molecule has 0 fully saturated rings. The van der Waals surface area contributed by atoms with Crippen LogP contribution in [-0.4, -0.2) is 20.9 Å². The molecule has 0 aliphatic carbocycles. The normalized spacial score (nSPS) is 11.5. The molecular weight excluding hydrogens is 511 g/mol. The standard InChI is InChI=1S/C26H19F5N4O3/c1-11-14(26(29,30)31)10-33-25(38-20-8-7-15(27)23(28)12(20)2)21(11)18-9-19(36)22(13(3)34-18)16-5-4-6-17(35-16)24(32)37/h4-10H,1-3H3,(H2,32,37)(H,34,36). The number of carbonyl (C=O) groups excluding carboxylic acids is 1. The van der Waals surface area contributed by atoms with E-state index in [1.54, 1.807) is 0 Å². The fourth-order valence-corrected chi connectivity index (χ4v) is 3.96. The number of aromatic amines is 1. The topological polar surface area (TPSA) is 111 Å². The quantitative estimate of drug-likeness (QED) is 0.326. The molecule has 0 unspecified atom stereocenters. The maximum absolute atomic E-state index is 14.1. The molecule has 0 atom stereocenters. The number of carbonyl (C=O) groups is 1. The Kier molecular flexibility index (Phi) is 6.75. The first-order chi connectivity index (χ1) is 17.8. The number of ether oxygens (including phenoxy) is 1. The molecule has 0 saturated carbocycles. The smallest absolute Gasteiger partial charge is 0.418 e. The summed E-state index contributed by atoms with van der Waals surface area (Å²) in [4.78, 5) is 35.4. The highest BCUT2D eigenvalue weighted by molar-refractivity contribution is 5.91. The molecule has 3 aromatic heterocycles. The van der Waals surface area contributed by atoms with Crippen LogP contribution < -0.4 is 15.9 Å². The van der Waals surface area contributed by atoms with Crippen molar-refractivity contribution in [2.45, 2.75) is 26.9 Å². The highest BCUT2D eigenvalue weighted by Gasteiger charge is 2.35. The molecule has 0 aliphatic rings. The van der Waals surface area contributed by atoms with Gasteiger partial charge >= 0.3 is 6.18 Å². The number of nitrogens with one attached hydrogen (secondary N) is 1. The van der Waals surface area contributed by atoms with E-state index in [0.717, 1.165) is 18.2 Å². The van der Waals surface area contributed by atoms with Gasteiger partial charge in [0.05, 0.1) is 28.1 Å². The minimum Gasteiger partial charge on any atom is -0.438 e. The lowest BCUT2D eigenvalue weighted by Crippen LogP contribution is -2.15. The lowest BCUT2D eigenvalue weighted by Gasteiger charge is -2.19. The Morgan fingerprint density at radius 2 is 1.74 bits per heavy atom. The van der Waals surface area contributed by atoms with Gasteiger partial charge in [0.15, 0.2) is 17.1 Å². The summed E-state index contributed by atoms with van der Waals surface area (Å²) >= 11 is 0. The summed E-state index contributed by atoms with van der Waals surface area (Å²) in [6.07, 6.45) is -4.22. The molecule has 0 radical (unpaired) electrons. The Morgan fingerprint density at radius 1 is 1.03 bits per heavy atom. The van der Waals surface area contributed by atoms with E-state index >= 15 is 0 Å². The fraction of sp³-hybridized carbons (Fsp3) is 0.154. The number of rotatable bonds is 5. The van der Waals surface area contributed by atoms with E-state index in [1.165, 1.54) is 39.0 Å². The van der Waals surface area contributed by atoms with Crippen molar-refractivity contribution >= 4 is 5.91 Å². The number of H-pyrrole nitrogens is 1. The first-order valence-corrected chi connectivity index (χ1v) is 11.0. The SMILES string of the molecule is Cc1[nH]c(-c2c(Oc3ccc(F)c(F)c3C)ncc(C(F)(F)F)c2C)cc(=O)c1-c1cccc(C(N)=O)n1. The molecule has 0 bridgehead atoms. The van der Waals surface area contributed by atoms with Crippen molar-refractivity contribution in [1.82, 2.24) is 15.0 Å². The fourth-order valence-electron chi connectivity index (χ4n) is 3.96. The van der Waals surface area contributed by atoms with E-state index in [4.69, 9.17) is 10.5 Å². The van der Waals surface area contributed by atoms with Crippen molar-refractivity contribution in [3.8, 4) is 34.1 Å². The van der Waals surface area contributed by atoms with Gasteiger partial charge in [-0.15, -0.1) is 0 Å². The lowest BCUT2D eigenvalue weighted by atomic mass is 10.00. The number of nitrogens with two attached hydrogens (primary N) is 1. The third kappa shape index (κ3) is 4.84. The number of aryl methyl sites for hydroxylation is 1. The summed E-state index contributed by atoms with van der Waals surface area (Å²) in [6, 6.07) is 7.28. The molecule has 0 saturated heterocycles. The summed E-state index contributed by atoms with van der Waals surface area (Å²) in [5.41, 5.74) is 3.04. The molecule has 38 heavy (non-hydrogen) atoms. The number of pyridine rings is 3. The van der Waals surface area contributed by atoms with Gasteiger partial charge in [-0.05, 0) is 50.6 Å². The molecule has 196 valence electrons. The lowest BCUT2D eigenvalue weighted by molar-refractivity contribution is -0.138. The van der Waals surface area contributed by atoms with Crippen LogP contribution in [0.5, 0.6) is 11.6 Å². The van der Waals surface area contributed by atoms with E-state index in [9.17, 15) is 31.5 Å². The van der Waals surface area contributed by atoms with E-state index in [-0.39, 0.29) is 56.7 Å². The van der Waals surface area contributed by atoms with Gasteiger partial charge in [0, 0.05) is 23.5 Å². The summed E-state index contributed by atoms with van der Waals surface area (Å²) in [5, 5.41) is 0. The predicted octanol–water partition coefficient (Wildman–Crippen LogP) is 5.61. The zero-order chi connectivity index (χ0) is 27.9. The Bertz CT molecular complexity index is 1650. The highest BCUT2D eigenvalue weighted by Crippen LogP contribution is 2.41. The Morgan fingerprint density at radius 3 is 2.37 bits per heavy atom. The van der Waals surface area contributed by atoms with Gasteiger partial charge in [-0.1, -0.05) is 6.07 Å². The Labute approximate surface area is 212 Å². The second kappa shape index (κ2) is 9.69. The molecular formula is C26H19F5N4O3. The van der Waals surface area contributed by atoms with Crippen molar-refractivity contribution in [3.05, 3.63) is 92.5 Å². The molecule has 0 spiro atoms. The molecule has 4 rings (SSSR count). The zero-order valence-electron chi connectivity index (χ0n) is 20.1. The molecule has 0 aliphatic heterocycles. The van der Waals surface area contributed by atoms with Crippen LogP contribution in [0.1, 0.15) is 32.9 Å². The van der Waals surface area contributed by atoms with Crippen LogP contribution >= 0.6 is 0 Å². The van der Waals surface area contributed by atoms with Gasteiger partial charge in [-0.25, -0.2) is 18.7 Å². The summed E-state index contributed by atoms with van der Waals surface area (Å²) in [5.74, 6) is -3.68. The number of halogens is 5. The second-order valence-electron chi connectivity index (χ2n) is 8.38. The van der Waals surface area contributed by atoms with Crippen molar-refractivity contribution < 1.29 is 31.5 Å². The number of aromatic nitrogens is 3. The molecule has 3 heterocycles. The third-order valence-corrected chi connectivity index (χ3v) is 5.85. The van der Waals surface area contributed by atoms with E-state index in [0.29, 0.717) is 6.20 Å². The summed E-state index contributed by atoms with van der Waals surface area (Å²) in [6.45, 7) is 3.90. The van der Waals surface area contributed by atoms with Crippen LogP contribution in [0.4, 0.5) is 22.0 Å². The van der Waals surface area contributed by atoms with Crippen LogP contribution in [0.25, 0.3) is 22.5 Å². The number of nitrogens with zero attached hydrogens (tertiary/aromatic N) is 2. The van der Waals surface area contributed by atoms with Gasteiger partial charge in [-0.2, -0.15) is 13.2 Å². The third-order valence-electron chi connectivity index (χ3n) is 5.85. The monoisotopic (exact) mass is 530 g/mol. The first kappa shape index (κ1) is 26.5. The van der Waals surface area contributed by atoms with Crippen molar-refractivity contribution in [3.63, 3.8) is 0 Å². The van der Waals surface area contributed by atoms with Crippen molar-refractivity contribution in [2.75, 3.05) is 0 Å². The predicted molar refractivity (Wildman–Crippen MR) is 128 cm³/mol. The van der Waals surface area contributed by atoms with Crippen molar-refractivity contribution in [2.24, 2.45) is 5.73 Å². The molecule has 12 heteroatoms. The molecule has 1 aromatic carbocycles. The van der Waals surface area contributed by atoms with Gasteiger partial charge in [0.25, 0.3) is 5.91 Å². The summed E-state index contributed by atoms with van der Waals surface area (Å²) < 4.78 is 74.5. The van der Waals surface area contributed by atoms with Gasteiger partial charge in [0.2, 0.25) is 5.88 Å². The van der Waals surface area contributed by atoms with Crippen LogP contribution in [-0.2, 0) is 6.18 Å². The molecule has 3 N–H and O–H groups in total. The minimum atomic E-state index is -4.78. The van der Waals surface area contributed by atoms with Gasteiger partial charge in [-0.3, -0.25) is 9.59 Å². The minimum absolute atomic E-state index is 0.0633. The maximum atomic E-state index is 14.1. The Balaban J connectivity index is 1.93. The number of amides is 1. The number of hydrogen-bond acceptors (Lipinski definition) is 5. The van der Waals surface area contributed by atoms with Crippen molar-refractivity contribution in [1.29, 1.82) is 0 Å². The first-order valence-electron chi connectivity index (χ1n) is 11.0. The van der Waals surface area contributed by atoms with E-state index < -0.39 is 34.7 Å². The number of hydrogen-bond donors (Lipinski definition) is 2. The zero-order valence-corrected chi connectivity index (χ0v) is 20.1. The van der Waals surface area contributed by atoms with Crippen LogP contribution in [0, 0.1) is 32.4 Å². The van der Waals surface area contributed by atoms with Crippen LogP contribution in [0.3, 0.4) is 0 Å². The van der Waals surface area contributed by atoms with E-state index in [2.05, 4.69) is 15.0 Å².